The Bertz CT molecular complexity index is 896. The molecule has 0 bridgehead atoms. The molecule has 0 saturated heterocycles. The van der Waals surface area contributed by atoms with Crippen molar-refractivity contribution in [2.75, 3.05) is 5.32 Å². The summed E-state index contributed by atoms with van der Waals surface area (Å²) in [6, 6.07) is 24.5. The summed E-state index contributed by atoms with van der Waals surface area (Å²) in [5.41, 5.74) is 2.62. The number of hydrogen-bond acceptors (Lipinski definition) is 3. The Labute approximate surface area is 161 Å². The van der Waals surface area contributed by atoms with E-state index >= 15 is 0 Å². The maximum absolute atomic E-state index is 13.3. The lowest BCUT2D eigenvalue weighted by Gasteiger charge is -2.18. The van der Waals surface area contributed by atoms with E-state index in [2.05, 4.69) is 10.5 Å². The molecule has 1 N–H and O–H groups in total. The highest BCUT2D eigenvalue weighted by Gasteiger charge is 2.43. The molecule has 0 aliphatic rings. The molecule has 0 fully saturated rings. The first-order valence-electron chi connectivity index (χ1n) is 8.71. The van der Waals surface area contributed by atoms with Gasteiger partial charge in [-0.15, -0.1) is 0 Å². The number of benzene rings is 3. The summed E-state index contributed by atoms with van der Waals surface area (Å²) in [7, 11) is 0. The van der Waals surface area contributed by atoms with Crippen LogP contribution in [-0.4, -0.2) is 12.4 Å². The molecular weight excluding hydrogens is 365 g/mol. The van der Waals surface area contributed by atoms with Crippen molar-refractivity contribution in [3.8, 4) is 0 Å². The van der Waals surface area contributed by atoms with Crippen LogP contribution in [0.2, 0.25) is 0 Å². The van der Waals surface area contributed by atoms with Crippen LogP contribution in [0.3, 0.4) is 0 Å². The Balaban J connectivity index is 1.65. The molecule has 3 nitrogen and oxygen atoms in total. The third-order valence-corrected chi connectivity index (χ3v) is 3.99. The van der Waals surface area contributed by atoms with E-state index < -0.39 is 12.3 Å². The van der Waals surface area contributed by atoms with E-state index in [9.17, 15) is 13.2 Å². The van der Waals surface area contributed by atoms with Crippen molar-refractivity contribution in [3.63, 3.8) is 0 Å². The second-order valence-corrected chi connectivity index (χ2v) is 6.14. The van der Waals surface area contributed by atoms with Gasteiger partial charge in [0.2, 0.25) is 6.10 Å². The van der Waals surface area contributed by atoms with Crippen LogP contribution in [0.25, 0.3) is 0 Å². The van der Waals surface area contributed by atoms with Gasteiger partial charge in [-0.3, -0.25) is 0 Å². The topological polar surface area (TPSA) is 33.6 Å². The fourth-order valence-corrected chi connectivity index (χ4v) is 2.63. The zero-order valence-electron chi connectivity index (χ0n) is 14.9. The van der Waals surface area contributed by atoms with Crippen LogP contribution in [0.15, 0.2) is 90.1 Å². The van der Waals surface area contributed by atoms with Crippen LogP contribution >= 0.6 is 0 Å². The van der Waals surface area contributed by atoms with Crippen LogP contribution in [0.4, 0.5) is 18.9 Å². The van der Waals surface area contributed by atoms with Gasteiger partial charge in [0.15, 0.2) is 0 Å². The number of para-hydroxylation sites is 1. The summed E-state index contributed by atoms with van der Waals surface area (Å²) in [5, 5.41) is 6.86. The van der Waals surface area contributed by atoms with Gasteiger partial charge in [0.1, 0.15) is 0 Å². The maximum atomic E-state index is 13.3. The van der Waals surface area contributed by atoms with Gasteiger partial charge >= 0.3 is 6.18 Å². The molecule has 3 rings (SSSR count). The fraction of sp³-hybridized carbons (Fsp3) is 0.136. The van der Waals surface area contributed by atoms with Crippen LogP contribution in [0, 0.1) is 0 Å². The first kappa shape index (κ1) is 19.5. The minimum atomic E-state index is -4.56. The number of nitrogens with zero attached hydrogens (tertiary/aromatic N) is 1. The smallest absolute Gasteiger partial charge is 0.381 e. The Hall–Kier alpha value is -3.28. The molecule has 0 aliphatic carbocycles. The third kappa shape index (κ3) is 5.61. The molecule has 144 valence electrons. The highest BCUT2D eigenvalue weighted by Crippen LogP contribution is 2.35. The third-order valence-electron chi connectivity index (χ3n) is 3.99. The van der Waals surface area contributed by atoms with E-state index in [1.165, 1.54) is 30.5 Å². The average Bonchev–Trinajstić information content (AvgIpc) is 2.70. The molecule has 28 heavy (non-hydrogen) atoms. The molecule has 0 aromatic heterocycles. The summed E-state index contributed by atoms with van der Waals surface area (Å²) in [6.07, 6.45) is -5.37. The van der Waals surface area contributed by atoms with Crippen molar-refractivity contribution in [3.05, 3.63) is 102 Å². The highest BCUT2D eigenvalue weighted by atomic mass is 19.4. The highest BCUT2D eigenvalue weighted by molar-refractivity contribution is 5.79. The van der Waals surface area contributed by atoms with Crippen LogP contribution in [0.1, 0.15) is 22.8 Å². The predicted molar refractivity (Wildman–Crippen MR) is 104 cm³/mol. The number of halogens is 3. The predicted octanol–water partition coefficient (Wildman–Crippen LogP) is 5.95. The second-order valence-electron chi connectivity index (χ2n) is 6.14. The Morgan fingerprint density at radius 3 is 2.25 bits per heavy atom. The van der Waals surface area contributed by atoms with Gasteiger partial charge in [0.05, 0.1) is 6.21 Å². The lowest BCUT2D eigenvalue weighted by molar-refractivity contribution is -0.223. The van der Waals surface area contributed by atoms with Gasteiger partial charge in [-0.25, -0.2) is 0 Å². The largest absolute Gasteiger partial charge is 0.432 e. The van der Waals surface area contributed by atoms with Gasteiger partial charge in [0, 0.05) is 17.8 Å². The van der Waals surface area contributed by atoms with Gasteiger partial charge in [-0.1, -0.05) is 71.9 Å². The number of hydrogen-bond donors (Lipinski definition) is 1. The van der Waals surface area contributed by atoms with Crippen molar-refractivity contribution in [1.29, 1.82) is 0 Å². The normalized spacial score (nSPS) is 12.7. The molecule has 0 aliphatic heterocycles. The fourth-order valence-electron chi connectivity index (χ4n) is 2.63. The van der Waals surface area contributed by atoms with Gasteiger partial charge in [-0.2, -0.15) is 13.2 Å². The van der Waals surface area contributed by atoms with Crippen molar-refractivity contribution < 1.29 is 18.0 Å². The number of alkyl halides is 3. The number of anilines is 1. The Morgan fingerprint density at radius 1 is 0.893 bits per heavy atom. The maximum Gasteiger partial charge on any atom is 0.432 e. The molecule has 6 heteroatoms. The minimum Gasteiger partial charge on any atom is -0.381 e. The van der Waals surface area contributed by atoms with Crippen LogP contribution in [-0.2, 0) is 11.4 Å². The van der Waals surface area contributed by atoms with E-state index in [4.69, 9.17) is 4.84 Å². The standard InChI is InChI=1S/C22H19F3N2O/c23-22(24,25)21(19-10-3-1-4-11-19)28-27-16-18-9-7-8-17(14-18)15-26-20-12-5-2-6-13-20/h1-14,16,21,26H,15H2/b27-16+. The molecule has 0 heterocycles. The van der Waals surface area contributed by atoms with Crippen LogP contribution in [0.5, 0.6) is 0 Å². The van der Waals surface area contributed by atoms with Crippen molar-refractivity contribution in [2.45, 2.75) is 18.8 Å². The molecule has 1 unspecified atom stereocenters. The first-order valence-corrected chi connectivity index (χ1v) is 8.71. The van der Waals surface area contributed by atoms with Crippen molar-refractivity contribution >= 4 is 11.9 Å². The SMILES string of the molecule is FC(F)(F)C(O/N=C/c1cccc(CNc2ccccc2)c1)c1ccccc1. The van der Waals surface area contributed by atoms with E-state index in [1.807, 2.05) is 48.5 Å². The molecule has 3 aromatic rings. The summed E-state index contributed by atoms with van der Waals surface area (Å²) in [5.74, 6) is 0. The van der Waals surface area contributed by atoms with Gasteiger partial charge in [-0.05, 0) is 29.3 Å². The first-order chi connectivity index (χ1) is 13.5. The molecule has 0 radical (unpaired) electrons. The zero-order chi connectivity index (χ0) is 19.8. The number of rotatable bonds is 7. The minimum absolute atomic E-state index is 0.00737. The summed E-state index contributed by atoms with van der Waals surface area (Å²) in [6.45, 7) is 0.585. The molecule has 1 atom stereocenters. The van der Waals surface area contributed by atoms with Crippen molar-refractivity contribution in [2.24, 2.45) is 5.16 Å². The van der Waals surface area contributed by atoms with Crippen LogP contribution < -0.4 is 5.32 Å². The summed E-state index contributed by atoms with van der Waals surface area (Å²) < 4.78 is 39.8. The molecule has 3 aromatic carbocycles. The van der Waals surface area contributed by atoms with Crippen molar-refractivity contribution in [1.82, 2.24) is 0 Å². The molecule has 0 spiro atoms. The van der Waals surface area contributed by atoms with E-state index in [0.29, 0.717) is 12.1 Å². The lowest BCUT2D eigenvalue weighted by atomic mass is 10.1. The quantitative estimate of drug-likeness (QED) is 0.403. The zero-order valence-corrected chi connectivity index (χ0v) is 14.9. The lowest BCUT2D eigenvalue weighted by Crippen LogP contribution is -2.22. The Kier molecular flexibility index (Phi) is 6.32. The number of oxime groups is 1. The number of nitrogens with one attached hydrogen (secondary N) is 1. The molecule has 0 saturated carbocycles. The average molecular weight is 384 g/mol. The Morgan fingerprint density at radius 2 is 1.57 bits per heavy atom. The molecular formula is C22H19F3N2O. The summed E-state index contributed by atoms with van der Waals surface area (Å²) in [4.78, 5) is 4.79. The van der Waals surface area contributed by atoms with E-state index in [0.717, 1.165) is 11.3 Å². The van der Waals surface area contributed by atoms with Gasteiger partial charge in [0.25, 0.3) is 0 Å². The van der Waals surface area contributed by atoms with E-state index in [-0.39, 0.29) is 5.56 Å². The monoisotopic (exact) mass is 384 g/mol. The van der Waals surface area contributed by atoms with Gasteiger partial charge < -0.3 is 10.2 Å². The summed E-state index contributed by atoms with van der Waals surface area (Å²) >= 11 is 0. The second kappa shape index (κ2) is 9.08. The van der Waals surface area contributed by atoms with E-state index in [1.54, 1.807) is 12.1 Å². The molecule has 0 amide bonds.